The van der Waals surface area contributed by atoms with Crippen molar-refractivity contribution in [2.24, 2.45) is 0 Å². The van der Waals surface area contributed by atoms with Gasteiger partial charge in [-0.25, -0.2) is 4.39 Å². The summed E-state index contributed by atoms with van der Waals surface area (Å²) in [5.74, 6) is -0.762. The number of nitrogens with one attached hydrogen (secondary N) is 2. The van der Waals surface area contributed by atoms with Crippen LogP contribution in [0.2, 0.25) is 0 Å². The highest BCUT2D eigenvalue weighted by Crippen LogP contribution is 2.11. The van der Waals surface area contributed by atoms with Crippen LogP contribution in [0.4, 0.5) is 4.39 Å². The average Bonchev–Trinajstić information content (AvgIpc) is 2.54. The molecular formula is C16H15FN2O3. The van der Waals surface area contributed by atoms with Crippen molar-refractivity contribution in [1.29, 1.82) is 0 Å². The number of hydrogen-bond acceptors (Lipinski definition) is 3. The number of carbonyl (C=O) groups is 2. The van der Waals surface area contributed by atoms with Gasteiger partial charge in [0, 0.05) is 11.1 Å². The van der Waals surface area contributed by atoms with Crippen molar-refractivity contribution in [3.63, 3.8) is 0 Å². The number of amides is 2. The van der Waals surface area contributed by atoms with Gasteiger partial charge in [0.15, 0.2) is 0 Å². The molecule has 0 saturated heterocycles. The molecule has 2 aromatic carbocycles. The SMILES string of the molecule is CCOc1ccc(C(=O)NNC(=O)c2ccc(F)cc2)cc1. The molecule has 2 N–H and O–H groups in total. The standard InChI is InChI=1S/C16H15FN2O3/c1-2-22-14-9-5-12(6-10-14)16(21)19-18-15(20)11-3-7-13(17)8-4-11/h3-10H,2H2,1H3,(H,18,20)(H,19,21). The molecule has 0 aliphatic rings. The number of rotatable bonds is 4. The van der Waals surface area contributed by atoms with Gasteiger partial charge < -0.3 is 4.74 Å². The Morgan fingerprint density at radius 3 is 1.82 bits per heavy atom. The Morgan fingerprint density at radius 2 is 1.36 bits per heavy atom. The summed E-state index contributed by atoms with van der Waals surface area (Å²) in [7, 11) is 0. The summed E-state index contributed by atoms with van der Waals surface area (Å²) in [4.78, 5) is 23.6. The Kier molecular flexibility index (Phi) is 5.08. The molecule has 0 saturated carbocycles. The number of ether oxygens (including phenoxy) is 1. The third-order valence-corrected chi connectivity index (χ3v) is 2.82. The molecule has 22 heavy (non-hydrogen) atoms. The summed E-state index contributed by atoms with van der Waals surface area (Å²) >= 11 is 0. The molecule has 5 nitrogen and oxygen atoms in total. The van der Waals surface area contributed by atoms with Crippen LogP contribution in [-0.4, -0.2) is 18.4 Å². The lowest BCUT2D eigenvalue weighted by Gasteiger charge is -2.08. The van der Waals surface area contributed by atoms with E-state index in [9.17, 15) is 14.0 Å². The fourth-order valence-corrected chi connectivity index (χ4v) is 1.73. The summed E-state index contributed by atoms with van der Waals surface area (Å²) in [6.45, 7) is 2.41. The summed E-state index contributed by atoms with van der Waals surface area (Å²) in [6.07, 6.45) is 0. The minimum Gasteiger partial charge on any atom is -0.494 e. The van der Waals surface area contributed by atoms with Gasteiger partial charge in [0.05, 0.1) is 6.61 Å². The van der Waals surface area contributed by atoms with E-state index < -0.39 is 17.6 Å². The van der Waals surface area contributed by atoms with E-state index in [0.717, 1.165) is 0 Å². The Labute approximate surface area is 127 Å². The maximum Gasteiger partial charge on any atom is 0.269 e. The lowest BCUT2D eigenvalue weighted by molar-refractivity contribution is 0.0846. The Bertz CT molecular complexity index is 654. The summed E-state index contributed by atoms with van der Waals surface area (Å²) in [6, 6.07) is 11.5. The number of hydrazine groups is 1. The van der Waals surface area contributed by atoms with Crippen LogP contribution in [0, 0.1) is 5.82 Å². The van der Waals surface area contributed by atoms with Crippen LogP contribution in [-0.2, 0) is 0 Å². The summed E-state index contributed by atoms with van der Waals surface area (Å²) < 4.78 is 18.0. The smallest absolute Gasteiger partial charge is 0.269 e. The predicted octanol–water partition coefficient (Wildman–Crippen LogP) is 2.30. The van der Waals surface area contributed by atoms with E-state index in [1.54, 1.807) is 24.3 Å². The first-order valence-corrected chi connectivity index (χ1v) is 6.69. The Hall–Kier alpha value is -2.89. The first-order chi connectivity index (χ1) is 10.6. The van der Waals surface area contributed by atoms with Crippen LogP contribution in [0.15, 0.2) is 48.5 Å². The van der Waals surface area contributed by atoms with E-state index in [0.29, 0.717) is 17.9 Å². The van der Waals surface area contributed by atoms with Crippen molar-refractivity contribution >= 4 is 11.8 Å². The van der Waals surface area contributed by atoms with Gasteiger partial charge >= 0.3 is 0 Å². The Morgan fingerprint density at radius 1 is 0.909 bits per heavy atom. The van der Waals surface area contributed by atoms with E-state index in [2.05, 4.69) is 10.9 Å². The fourth-order valence-electron chi connectivity index (χ4n) is 1.73. The van der Waals surface area contributed by atoms with Crippen LogP contribution in [0.5, 0.6) is 5.75 Å². The molecule has 6 heteroatoms. The zero-order valence-electron chi connectivity index (χ0n) is 11.9. The lowest BCUT2D eigenvalue weighted by Crippen LogP contribution is -2.41. The number of benzene rings is 2. The molecule has 0 aliphatic carbocycles. The third-order valence-electron chi connectivity index (χ3n) is 2.82. The number of carbonyl (C=O) groups excluding carboxylic acids is 2. The fraction of sp³-hybridized carbons (Fsp3) is 0.125. The molecule has 0 atom stereocenters. The molecular weight excluding hydrogens is 287 g/mol. The zero-order chi connectivity index (χ0) is 15.9. The average molecular weight is 302 g/mol. The van der Waals surface area contributed by atoms with Crippen LogP contribution >= 0.6 is 0 Å². The second kappa shape index (κ2) is 7.21. The van der Waals surface area contributed by atoms with Crippen LogP contribution in [0.25, 0.3) is 0 Å². The van der Waals surface area contributed by atoms with Crippen molar-refractivity contribution in [2.75, 3.05) is 6.61 Å². The van der Waals surface area contributed by atoms with E-state index in [4.69, 9.17) is 4.74 Å². The molecule has 114 valence electrons. The summed E-state index contributed by atoms with van der Waals surface area (Å²) in [5.41, 5.74) is 5.18. The topological polar surface area (TPSA) is 67.4 Å². The third kappa shape index (κ3) is 4.05. The van der Waals surface area contributed by atoms with Gasteiger partial charge in [-0.15, -0.1) is 0 Å². The second-order valence-corrected chi connectivity index (χ2v) is 4.37. The molecule has 0 heterocycles. The van der Waals surface area contributed by atoms with E-state index in [1.165, 1.54) is 24.3 Å². The molecule has 0 aliphatic heterocycles. The summed E-state index contributed by atoms with van der Waals surface area (Å²) in [5, 5.41) is 0. The minimum atomic E-state index is -0.528. The molecule has 0 radical (unpaired) electrons. The lowest BCUT2D eigenvalue weighted by atomic mass is 10.2. The molecule has 2 rings (SSSR count). The van der Waals surface area contributed by atoms with Crippen LogP contribution < -0.4 is 15.6 Å². The van der Waals surface area contributed by atoms with Gasteiger partial charge in [-0.3, -0.25) is 20.4 Å². The maximum atomic E-state index is 12.8. The molecule has 0 bridgehead atoms. The highest BCUT2D eigenvalue weighted by molar-refractivity contribution is 5.99. The van der Waals surface area contributed by atoms with Gasteiger partial charge in [-0.05, 0) is 55.5 Å². The molecule has 2 amide bonds. The second-order valence-electron chi connectivity index (χ2n) is 4.37. The Balaban J connectivity index is 1.91. The van der Waals surface area contributed by atoms with Gasteiger partial charge in [-0.2, -0.15) is 0 Å². The molecule has 0 unspecified atom stereocenters. The molecule has 2 aromatic rings. The van der Waals surface area contributed by atoms with Crippen LogP contribution in [0.1, 0.15) is 27.6 Å². The van der Waals surface area contributed by atoms with Gasteiger partial charge in [0.25, 0.3) is 11.8 Å². The maximum absolute atomic E-state index is 12.8. The van der Waals surface area contributed by atoms with E-state index >= 15 is 0 Å². The van der Waals surface area contributed by atoms with Crippen molar-refractivity contribution in [3.8, 4) is 5.75 Å². The molecule has 0 fully saturated rings. The molecule has 0 spiro atoms. The highest BCUT2D eigenvalue weighted by atomic mass is 19.1. The van der Waals surface area contributed by atoms with Crippen LogP contribution in [0.3, 0.4) is 0 Å². The largest absolute Gasteiger partial charge is 0.494 e. The number of hydrogen-bond donors (Lipinski definition) is 2. The van der Waals surface area contributed by atoms with Gasteiger partial charge in [0.2, 0.25) is 0 Å². The highest BCUT2D eigenvalue weighted by Gasteiger charge is 2.09. The van der Waals surface area contributed by atoms with Crippen molar-refractivity contribution in [1.82, 2.24) is 10.9 Å². The quantitative estimate of drug-likeness (QED) is 0.852. The van der Waals surface area contributed by atoms with Crippen molar-refractivity contribution in [2.45, 2.75) is 6.92 Å². The molecule has 0 aromatic heterocycles. The van der Waals surface area contributed by atoms with Crippen molar-refractivity contribution in [3.05, 3.63) is 65.5 Å². The monoisotopic (exact) mass is 302 g/mol. The zero-order valence-corrected chi connectivity index (χ0v) is 11.9. The first kappa shape index (κ1) is 15.5. The van der Waals surface area contributed by atoms with E-state index in [-0.39, 0.29) is 5.56 Å². The normalized spacial score (nSPS) is 9.91. The van der Waals surface area contributed by atoms with E-state index in [1.807, 2.05) is 6.92 Å². The minimum absolute atomic E-state index is 0.244. The van der Waals surface area contributed by atoms with Gasteiger partial charge in [0.1, 0.15) is 11.6 Å². The van der Waals surface area contributed by atoms with Gasteiger partial charge in [-0.1, -0.05) is 0 Å². The first-order valence-electron chi connectivity index (χ1n) is 6.69. The van der Waals surface area contributed by atoms with Crippen molar-refractivity contribution < 1.29 is 18.7 Å². The predicted molar refractivity (Wildman–Crippen MR) is 78.9 cm³/mol. The number of halogens is 1.